The van der Waals surface area contributed by atoms with Crippen molar-refractivity contribution in [2.24, 2.45) is 5.92 Å². The third-order valence-corrected chi connectivity index (χ3v) is 2.87. The summed E-state index contributed by atoms with van der Waals surface area (Å²) in [6.07, 6.45) is 2.43. The van der Waals surface area contributed by atoms with Gasteiger partial charge < -0.3 is 10.5 Å². The molecule has 16 heavy (non-hydrogen) atoms. The number of hydrogen-bond donors (Lipinski definition) is 1. The molecular formula is C14H23NO. The van der Waals surface area contributed by atoms with E-state index < -0.39 is 0 Å². The molecule has 0 aromatic heterocycles. The number of aryl methyl sites for hydroxylation is 2. The molecule has 90 valence electrons. The Hall–Kier alpha value is -1.18. The van der Waals surface area contributed by atoms with E-state index in [1.165, 1.54) is 12.8 Å². The second-order valence-electron chi connectivity index (χ2n) is 4.68. The van der Waals surface area contributed by atoms with Gasteiger partial charge in [0.1, 0.15) is 5.75 Å². The minimum absolute atomic E-state index is 0.613. The molecule has 0 aliphatic carbocycles. The fraction of sp³-hybridized carbons (Fsp3) is 0.571. The van der Waals surface area contributed by atoms with Gasteiger partial charge in [0.2, 0.25) is 0 Å². The first-order valence-corrected chi connectivity index (χ1v) is 6.04. The smallest absolute Gasteiger partial charge is 0.122 e. The van der Waals surface area contributed by atoms with Gasteiger partial charge in [-0.2, -0.15) is 0 Å². The summed E-state index contributed by atoms with van der Waals surface area (Å²) in [6.45, 7) is 9.27. The summed E-state index contributed by atoms with van der Waals surface area (Å²) in [6, 6.07) is 4.01. The summed E-state index contributed by atoms with van der Waals surface area (Å²) in [7, 11) is 0. The highest BCUT2D eigenvalue weighted by molar-refractivity contribution is 5.53. The first-order chi connectivity index (χ1) is 7.54. The lowest BCUT2D eigenvalue weighted by atomic mass is 10.1. The van der Waals surface area contributed by atoms with E-state index in [9.17, 15) is 0 Å². The highest BCUT2D eigenvalue weighted by Crippen LogP contribution is 2.24. The van der Waals surface area contributed by atoms with Crippen LogP contribution in [-0.2, 0) is 0 Å². The van der Waals surface area contributed by atoms with Gasteiger partial charge in [-0.05, 0) is 49.4 Å². The van der Waals surface area contributed by atoms with Crippen LogP contribution in [0.15, 0.2) is 12.1 Å². The molecular weight excluding hydrogens is 198 g/mol. The maximum absolute atomic E-state index is 5.84. The van der Waals surface area contributed by atoms with Crippen molar-refractivity contribution in [3.8, 4) is 5.75 Å². The predicted octanol–water partition coefficient (Wildman–Crippen LogP) is 3.70. The van der Waals surface area contributed by atoms with E-state index in [2.05, 4.69) is 13.8 Å². The van der Waals surface area contributed by atoms with Gasteiger partial charge in [-0.15, -0.1) is 0 Å². The molecule has 0 spiro atoms. The van der Waals surface area contributed by atoms with Crippen LogP contribution in [0, 0.1) is 19.8 Å². The third kappa shape index (κ3) is 3.44. The average molecular weight is 221 g/mol. The first kappa shape index (κ1) is 12.9. The van der Waals surface area contributed by atoms with Crippen molar-refractivity contribution in [2.45, 2.75) is 40.5 Å². The van der Waals surface area contributed by atoms with Crippen LogP contribution in [0.3, 0.4) is 0 Å². The van der Waals surface area contributed by atoms with Crippen LogP contribution in [0.1, 0.15) is 37.8 Å². The van der Waals surface area contributed by atoms with E-state index in [1.54, 1.807) is 0 Å². The van der Waals surface area contributed by atoms with Crippen molar-refractivity contribution >= 4 is 5.69 Å². The van der Waals surface area contributed by atoms with Crippen molar-refractivity contribution in [1.29, 1.82) is 0 Å². The van der Waals surface area contributed by atoms with Crippen molar-refractivity contribution in [3.05, 3.63) is 23.3 Å². The molecule has 2 N–H and O–H groups in total. The van der Waals surface area contributed by atoms with E-state index in [4.69, 9.17) is 10.5 Å². The average Bonchev–Trinajstić information content (AvgIpc) is 2.22. The predicted molar refractivity (Wildman–Crippen MR) is 69.9 cm³/mol. The molecule has 2 nitrogen and oxygen atoms in total. The minimum atomic E-state index is 0.613. The molecule has 0 radical (unpaired) electrons. The van der Waals surface area contributed by atoms with Gasteiger partial charge in [0.05, 0.1) is 6.61 Å². The molecule has 0 fully saturated rings. The highest BCUT2D eigenvalue weighted by Gasteiger charge is 2.06. The van der Waals surface area contributed by atoms with Crippen molar-refractivity contribution in [1.82, 2.24) is 0 Å². The Morgan fingerprint density at radius 1 is 1.25 bits per heavy atom. The Labute approximate surface area is 98.8 Å². The Morgan fingerprint density at radius 2 is 1.94 bits per heavy atom. The largest absolute Gasteiger partial charge is 0.493 e. The molecule has 0 bridgehead atoms. The Morgan fingerprint density at radius 3 is 2.56 bits per heavy atom. The molecule has 0 aliphatic heterocycles. The minimum Gasteiger partial charge on any atom is -0.493 e. The van der Waals surface area contributed by atoms with Crippen LogP contribution in [-0.4, -0.2) is 6.61 Å². The number of nitrogen functional groups attached to an aromatic ring is 1. The zero-order chi connectivity index (χ0) is 12.1. The van der Waals surface area contributed by atoms with Crippen molar-refractivity contribution < 1.29 is 4.74 Å². The Balaban J connectivity index is 2.63. The molecule has 0 saturated heterocycles. The van der Waals surface area contributed by atoms with Crippen molar-refractivity contribution in [3.63, 3.8) is 0 Å². The number of ether oxygens (including phenoxy) is 1. The topological polar surface area (TPSA) is 35.2 Å². The normalized spacial score (nSPS) is 12.5. The lowest BCUT2D eigenvalue weighted by Gasteiger charge is -2.15. The second-order valence-corrected chi connectivity index (χ2v) is 4.68. The Kier molecular flexibility index (Phi) is 4.66. The summed E-state index contributed by atoms with van der Waals surface area (Å²) < 4.78 is 5.83. The summed E-state index contributed by atoms with van der Waals surface area (Å²) >= 11 is 0. The van der Waals surface area contributed by atoms with E-state index in [0.717, 1.165) is 29.2 Å². The summed E-state index contributed by atoms with van der Waals surface area (Å²) in [4.78, 5) is 0. The SMILES string of the molecule is CCCC(C)COc1cc(C)c(N)cc1C. The number of anilines is 1. The molecule has 1 rings (SSSR count). The fourth-order valence-electron chi connectivity index (χ4n) is 1.78. The third-order valence-electron chi connectivity index (χ3n) is 2.87. The van der Waals surface area contributed by atoms with Gasteiger partial charge >= 0.3 is 0 Å². The lowest BCUT2D eigenvalue weighted by molar-refractivity contribution is 0.250. The van der Waals surface area contributed by atoms with Gasteiger partial charge in [0.25, 0.3) is 0 Å². The van der Waals surface area contributed by atoms with Crippen molar-refractivity contribution in [2.75, 3.05) is 12.3 Å². The number of nitrogens with two attached hydrogens (primary N) is 1. The van der Waals surface area contributed by atoms with Crippen LogP contribution >= 0.6 is 0 Å². The zero-order valence-corrected chi connectivity index (χ0v) is 10.8. The van der Waals surface area contributed by atoms with Crippen LogP contribution in [0.25, 0.3) is 0 Å². The molecule has 2 heteroatoms. The van der Waals surface area contributed by atoms with Gasteiger partial charge in [-0.1, -0.05) is 20.3 Å². The fourth-order valence-corrected chi connectivity index (χ4v) is 1.78. The first-order valence-electron chi connectivity index (χ1n) is 6.04. The summed E-state index contributed by atoms with van der Waals surface area (Å²) in [5.74, 6) is 1.58. The molecule has 0 amide bonds. The Bertz CT molecular complexity index is 347. The molecule has 0 heterocycles. The van der Waals surface area contributed by atoms with Crippen LogP contribution in [0.2, 0.25) is 0 Å². The van der Waals surface area contributed by atoms with E-state index in [0.29, 0.717) is 5.92 Å². The second kappa shape index (κ2) is 5.78. The molecule has 1 aromatic carbocycles. The van der Waals surface area contributed by atoms with Crippen LogP contribution in [0.5, 0.6) is 5.75 Å². The van der Waals surface area contributed by atoms with Gasteiger partial charge in [-0.3, -0.25) is 0 Å². The molecule has 1 unspecified atom stereocenters. The molecule has 1 atom stereocenters. The van der Waals surface area contributed by atoms with E-state index >= 15 is 0 Å². The molecule has 0 saturated carbocycles. The van der Waals surface area contributed by atoms with Gasteiger partial charge in [0.15, 0.2) is 0 Å². The molecule has 1 aromatic rings. The van der Waals surface area contributed by atoms with E-state index in [1.807, 2.05) is 26.0 Å². The van der Waals surface area contributed by atoms with Gasteiger partial charge in [0, 0.05) is 5.69 Å². The quantitative estimate of drug-likeness (QED) is 0.769. The summed E-state index contributed by atoms with van der Waals surface area (Å²) in [5.41, 5.74) is 8.88. The monoisotopic (exact) mass is 221 g/mol. The lowest BCUT2D eigenvalue weighted by Crippen LogP contribution is -2.09. The standard InChI is InChI=1S/C14H23NO/c1-5-6-10(2)9-16-14-8-11(3)13(15)7-12(14)4/h7-8,10H,5-6,9,15H2,1-4H3. The maximum atomic E-state index is 5.84. The molecule has 0 aliphatic rings. The number of hydrogen-bond acceptors (Lipinski definition) is 2. The van der Waals surface area contributed by atoms with Gasteiger partial charge in [-0.25, -0.2) is 0 Å². The maximum Gasteiger partial charge on any atom is 0.122 e. The zero-order valence-electron chi connectivity index (χ0n) is 10.8. The highest BCUT2D eigenvalue weighted by atomic mass is 16.5. The van der Waals surface area contributed by atoms with Crippen LogP contribution < -0.4 is 10.5 Å². The number of rotatable bonds is 5. The van der Waals surface area contributed by atoms with Crippen LogP contribution in [0.4, 0.5) is 5.69 Å². The summed E-state index contributed by atoms with van der Waals surface area (Å²) in [5, 5.41) is 0. The van der Waals surface area contributed by atoms with E-state index in [-0.39, 0.29) is 0 Å². The number of benzene rings is 1.